The van der Waals surface area contributed by atoms with E-state index in [4.69, 9.17) is 39.9 Å². The van der Waals surface area contributed by atoms with E-state index in [1.54, 1.807) is 50.3 Å². The lowest BCUT2D eigenvalue weighted by atomic mass is 9.46. The Morgan fingerprint density at radius 2 is 1.63 bits per heavy atom. The fraction of sp³-hybridized carbons (Fsp3) is 0.701. The summed E-state index contributed by atoms with van der Waals surface area (Å²) in [6, 6.07) is 3.65. The monoisotopic (exact) mass is 1330 g/mol. The lowest BCUT2D eigenvalue weighted by molar-refractivity contribution is -0.254. The van der Waals surface area contributed by atoms with Crippen LogP contribution in [0.15, 0.2) is 48.1 Å². The van der Waals surface area contributed by atoms with E-state index in [1.165, 1.54) is 4.68 Å². The Morgan fingerprint density at radius 3 is 2.36 bits per heavy atom. The summed E-state index contributed by atoms with van der Waals surface area (Å²) < 4.78 is 37.3. The molecule has 18 atom stereocenters. The van der Waals surface area contributed by atoms with Crippen LogP contribution in [0.1, 0.15) is 167 Å². The number of nitrogens with two attached hydrogens (primary N) is 2. The maximum Gasteiger partial charge on any atom is 0.509 e. The molecule has 1 aromatic heterocycles. The lowest BCUT2D eigenvalue weighted by Gasteiger charge is -2.59. The Bertz CT molecular complexity index is 3140. The molecular weight excluding hydrogens is 1230 g/mol. The highest BCUT2D eigenvalue weighted by molar-refractivity contribution is 6.01. The Balaban J connectivity index is 0.720. The average Bonchev–Trinajstić information content (AvgIpc) is 1.55. The molecule has 2 aromatic rings. The SMILES string of the molecule is CCCC1O[C@@H]2C[C@H]3[C@@H]4CCC5=CC(=O)C=C[C@]5(C)[C@H]4[C@@H](O)C[C@]3(C)[C@]2(C(=O)COC(=O)OCc2ccc(NC(=O)[C@H](CCCNC(N)=O)CC(=O)[C@@H](NC(=O)[C@H](N)CCCCNC(=O)COC3CCCCCc4c3nnn4[C@@H]3O[C@H](CO)[C@H](O)[C@H](O)[C@H]3O)C(C)C)cc2)O1. The van der Waals surface area contributed by atoms with E-state index < -0.39 is 150 Å². The molecule has 28 heteroatoms. The number of fused-ring (bicyclic) bond motifs is 8. The van der Waals surface area contributed by atoms with Crippen molar-refractivity contribution in [1.82, 2.24) is 30.9 Å². The molecule has 5 aliphatic carbocycles. The number of hydrogen-bond donors (Lipinski definition) is 11. The summed E-state index contributed by atoms with van der Waals surface area (Å²) in [5.41, 5.74) is 11.7. The molecule has 5 amide bonds. The van der Waals surface area contributed by atoms with Crippen molar-refractivity contribution in [3.05, 3.63) is 65.0 Å². The van der Waals surface area contributed by atoms with Crippen molar-refractivity contribution >= 4 is 52.9 Å². The summed E-state index contributed by atoms with van der Waals surface area (Å²) in [7, 11) is 0. The number of anilines is 1. The fourth-order valence-corrected chi connectivity index (χ4v) is 16.0. The predicted molar refractivity (Wildman–Crippen MR) is 338 cm³/mol. The minimum absolute atomic E-state index is 0.00613. The Morgan fingerprint density at radius 1 is 0.874 bits per heavy atom. The van der Waals surface area contributed by atoms with Crippen LogP contribution < -0.4 is 32.7 Å². The number of aliphatic hydroxyl groups excluding tert-OH is 5. The first-order chi connectivity index (χ1) is 45.3. The lowest BCUT2D eigenvalue weighted by Crippen LogP contribution is -2.63. The molecule has 5 fully saturated rings. The Kier molecular flexibility index (Phi) is 24.3. The number of unbranched alkanes of at least 4 members (excludes halogenated alkanes) is 1. The van der Waals surface area contributed by atoms with Gasteiger partial charge in [0, 0.05) is 47.9 Å². The number of hydrogen-bond acceptors (Lipinski definition) is 22. The first kappa shape index (κ1) is 72.7. The van der Waals surface area contributed by atoms with Crippen LogP contribution in [0.25, 0.3) is 0 Å². The second-order valence-electron chi connectivity index (χ2n) is 27.5. The molecule has 7 aliphatic rings. The van der Waals surface area contributed by atoms with Crippen LogP contribution in [0.4, 0.5) is 15.3 Å². The van der Waals surface area contributed by atoms with Crippen molar-refractivity contribution in [1.29, 1.82) is 0 Å². The Hall–Kier alpha value is -6.60. The van der Waals surface area contributed by atoms with Crippen molar-refractivity contribution in [3.63, 3.8) is 0 Å². The minimum Gasteiger partial charge on any atom is -0.429 e. The highest BCUT2D eigenvalue weighted by atomic mass is 16.8. The number of carbonyl (C=O) groups excluding carboxylic acids is 8. The molecule has 95 heavy (non-hydrogen) atoms. The number of ether oxygens (including phenoxy) is 6. The normalized spacial score (nSPS) is 31.7. The van der Waals surface area contributed by atoms with Gasteiger partial charge in [-0.15, -0.1) is 5.10 Å². The molecule has 1 aromatic carbocycles. The van der Waals surface area contributed by atoms with Crippen molar-refractivity contribution in [2.24, 2.45) is 51.9 Å². The molecule has 2 unspecified atom stereocenters. The highest BCUT2D eigenvalue weighted by Crippen LogP contribution is 2.70. The number of amides is 5. The zero-order valence-corrected chi connectivity index (χ0v) is 55.0. The van der Waals surface area contributed by atoms with Gasteiger partial charge in [0.25, 0.3) is 0 Å². The van der Waals surface area contributed by atoms with Gasteiger partial charge in [0.2, 0.25) is 23.5 Å². The van der Waals surface area contributed by atoms with Gasteiger partial charge in [-0.05, 0) is 131 Å². The molecule has 2 saturated heterocycles. The smallest absolute Gasteiger partial charge is 0.429 e. The number of nitrogens with one attached hydrogen (secondary N) is 4. The number of rotatable bonds is 29. The molecule has 28 nitrogen and oxygen atoms in total. The molecule has 524 valence electrons. The third-order valence-corrected chi connectivity index (χ3v) is 20.9. The van der Waals surface area contributed by atoms with Gasteiger partial charge in [-0.1, -0.05) is 82.9 Å². The van der Waals surface area contributed by atoms with Crippen molar-refractivity contribution in [2.75, 3.05) is 38.2 Å². The fourth-order valence-electron chi connectivity index (χ4n) is 16.0. The zero-order chi connectivity index (χ0) is 68.5. The van der Waals surface area contributed by atoms with E-state index >= 15 is 0 Å². The summed E-state index contributed by atoms with van der Waals surface area (Å²) in [5.74, 6) is -3.95. The maximum absolute atomic E-state index is 14.7. The molecule has 9 rings (SSSR count). The number of benzene rings is 1. The second-order valence-corrected chi connectivity index (χ2v) is 27.5. The summed E-state index contributed by atoms with van der Waals surface area (Å²) in [5, 5.41) is 72.7. The van der Waals surface area contributed by atoms with E-state index in [0.717, 1.165) is 37.7 Å². The molecule has 0 spiro atoms. The number of primary amides is 1. The van der Waals surface area contributed by atoms with E-state index in [2.05, 4.69) is 38.5 Å². The maximum atomic E-state index is 14.7. The van der Waals surface area contributed by atoms with Gasteiger partial charge in [0.15, 0.2) is 36.3 Å². The van der Waals surface area contributed by atoms with Crippen LogP contribution in [-0.4, -0.2) is 181 Å². The zero-order valence-electron chi connectivity index (χ0n) is 55.0. The number of urea groups is 1. The van der Waals surface area contributed by atoms with Gasteiger partial charge >= 0.3 is 12.2 Å². The van der Waals surface area contributed by atoms with Crippen LogP contribution in [0, 0.1) is 40.4 Å². The number of allylic oxidation sites excluding steroid dienone is 4. The number of aliphatic hydroxyl groups is 5. The quantitative estimate of drug-likeness (QED) is 0.0411. The molecule has 2 aliphatic heterocycles. The second kappa shape index (κ2) is 31.7. The largest absolute Gasteiger partial charge is 0.509 e. The first-order valence-electron chi connectivity index (χ1n) is 33.8. The molecule has 0 radical (unpaired) electrons. The van der Waals surface area contributed by atoms with Crippen LogP contribution in [-0.2, 0) is 70.2 Å². The topological polar surface area (TPSA) is 424 Å². The number of aromatic nitrogens is 3. The third-order valence-electron chi connectivity index (χ3n) is 20.9. The number of carbonyl (C=O) groups is 8. The van der Waals surface area contributed by atoms with Crippen LogP contribution in [0.3, 0.4) is 0 Å². The molecular formula is C67H97N9O19. The van der Waals surface area contributed by atoms with Gasteiger partial charge in [-0.3, -0.25) is 28.8 Å². The predicted octanol–water partition coefficient (Wildman–Crippen LogP) is 3.23. The van der Waals surface area contributed by atoms with Gasteiger partial charge in [-0.25, -0.2) is 14.3 Å². The van der Waals surface area contributed by atoms with E-state index in [1.807, 2.05) is 19.9 Å². The minimum atomic E-state index is -1.60. The van der Waals surface area contributed by atoms with E-state index in [-0.39, 0.29) is 75.5 Å². The van der Waals surface area contributed by atoms with Gasteiger partial charge in [0.1, 0.15) is 49.4 Å². The average molecular weight is 1330 g/mol. The van der Waals surface area contributed by atoms with Crippen LogP contribution in [0.2, 0.25) is 0 Å². The third kappa shape index (κ3) is 16.0. The first-order valence-corrected chi connectivity index (χ1v) is 33.8. The van der Waals surface area contributed by atoms with Crippen molar-refractivity contribution in [3.8, 4) is 0 Å². The number of Topliss-reactive ketones (excluding diaryl/α,β-unsaturated/α-hetero) is 2. The van der Waals surface area contributed by atoms with Gasteiger partial charge in [0.05, 0.1) is 36.6 Å². The van der Waals surface area contributed by atoms with Gasteiger partial charge in [-0.2, -0.15) is 0 Å². The number of nitrogens with zero attached hydrogens (tertiary/aromatic N) is 3. The molecule has 3 heterocycles. The Labute approximate surface area is 552 Å². The van der Waals surface area contributed by atoms with Crippen molar-refractivity contribution < 1.29 is 92.3 Å². The molecule has 3 saturated carbocycles. The summed E-state index contributed by atoms with van der Waals surface area (Å²) in [6.45, 7) is 8.16. The summed E-state index contributed by atoms with van der Waals surface area (Å²) in [4.78, 5) is 106. The summed E-state index contributed by atoms with van der Waals surface area (Å²) in [6.07, 6.45) is 2.55. The molecule has 13 N–H and O–H groups in total. The van der Waals surface area contributed by atoms with E-state index in [9.17, 15) is 63.9 Å². The van der Waals surface area contributed by atoms with Crippen LogP contribution >= 0.6 is 0 Å². The van der Waals surface area contributed by atoms with Crippen molar-refractivity contribution in [2.45, 2.75) is 223 Å². The van der Waals surface area contributed by atoms with Gasteiger partial charge < -0.3 is 86.7 Å². The van der Waals surface area contributed by atoms with E-state index in [0.29, 0.717) is 74.0 Å². The summed E-state index contributed by atoms with van der Waals surface area (Å²) >= 11 is 0. The molecule has 0 bridgehead atoms. The van der Waals surface area contributed by atoms with Crippen LogP contribution in [0.5, 0.6) is 0 Å². The highest BCUT2D eigenvalue weighted by Gasteiger charge is 2.76. The standard InChI is InChI=1S/C67H97N9O19/c1-6-13-53-94-51-30-43-42-23-20-39-29-41(78)24-25-65(39,4)54(42)47(80)31-66(43,5)67(51,95-53)50(81)34-92-64(89)91-33-37-18-21-40(22-19-37)72-60(86)38(14-12-27-71-63(69)88)28-46(79)55(36(2)3)73-61(87)44(68)15-10-11-26-70-52(82)35-90-48-17-9-7-8-16-45-56(48)74-75-76(45)62-59(85)58(84)57(83)49(32-77)93-62/h18-19,21-22,24-25,29,36,38,42-44,47-49,51,53-55,57-59,62,77,80,83-85H,6-17,20,23,26-28,30-35,68H2,1-5H3,(H,70,82)(H,72,86)(H,73,87)(H3,69,71,88)/t38-,42+,43+,44-,47+,48?,49-,51-,53?,54-,55+,57+,58+,59-,62-,65+,66+,67-/m1/s1. The number of ketones is 3.